The van der Waals surface area contributed by atoms with Gasteiger partial charge in [0.1, 0.15) is 11.6 Å². The van der Waals surface area contributed by atoms with E-state index in [1.165, 1.54) is 167 Å². The highest BCUT2D eigenvalue weighted by Crippen LogP contribution is 2.18. The number of ketones is 2. The fourth-order valence-electron chi connectivity index (χ4n) is 6.44. The zero-order chi connectivity index (χ0) is 36.9. The first-order valence-electron chi connectivity index (χ1n) is 20.8. The van der Waals surface area contributed by atoms with Crippen LogP contribution < -0.4 is 0 Å². The van der Waals surface area contributed by atoms with Gasteiger partial charge in [-0.3, -0.25) is 18.3 Å². The summed E-state index contributed by atoms with van der Waals surface area (Å²) in [4.78, 5) is 27.9. The number of nitrogens with zero attached hydrogens (tertiary/aromatic N) is 1. The molecule has 0 saturated heterocycles. The Morgan fingerprint density at radius 2 is 0.694 bits per heavy atom. The summed E-state index contributed by atoms with van der Waals surface area (Å²) in [5.41, 5.74) is 0. The van der Waals surface area contributed by atoms with Crippen LogP contribution in [0.1, 0.15) is 219 Å². The number of carbonyl (C=O) groups excluding carboxylic acids is 2. The molecular formula is C41H83NO6S. The molecule has 0 unspecified atom stereocenters. The SMILES string of the molecule is CCCCCCCCCCCCCCCCCC(=O)C(CN(C)C)C(=O)CCCCCCCCCCCCCCCCC.COS(=O)(=O)O. The van der Waals surface area contributed by atoms with E-state index in [0.29, 0.717) is 19.4 Å². The van der Waals surface area contributed by atoms with Crippen LogP contribution in [0.5, 0.6) is 0 Å². The topological polar surface area (TPSA) is 101 Å². The standard InChI is InChI=1S/C40H79NO2.CH4O4S/c1-5-7-9-11-13-15-17-19-21-23-25-27-29-31-33-35-39(42)38(37-41(3)4)40(43)36-34-32-30-28-26-24-22-20-18-16-14-12-10-8-6-2;1-5-6(2,3)4/h38H,5-37H2,1-4H3;1H3,(H,2,3,4). The number of unbranched alkanes of at least 4 members (excludes halogenated alkanes) is 28. The van der Waals surface area contributed by atoms with Crippen LogP contribution in [0.25, 0.3) is 0 Å². The van der Waals surface area contributed by atoms with Crippen LogP contribution in [0.4, 0.5) is 0 Å². The fourth-order valence-corrected chi connectivity index (χ4v) is 6.44. The molecule has 0 amide bonds. The summed E-state index contributed by atoms with van der Waals surface area (Å²) in [6.45, 7) is 5.15. The molecule has 0 radical (unpaired) electrons. The van der Waals surface area contributed by atoms with Crippen molar-refractivity contribution < 1.29 is 26.7 Å². The van der Waals surface area contributed by atoms with E-state index < -0.39 is 16.3 Å². The van der Waals surface area contributed by atoms with Crippen LogP contribution in [0.15, 0.2) is 0 Å². The summed E-state index contributed by atoms with van der Waals surface area (Å²) < 4.78 is 29.7. The Morgan fingerprint density at radius 1 is 0.490 bits per heavy atom. The minimum atomic E-state index is -4.16. The largest absolute Gasteiger partial charge is 0.397 e. The van der Waals surface area contributed by atoms with Crippen molar-refractivity contribution in [1.29, 1.82) is 0 Å². The highest BCUT2D eigenvalue weighted by Gasteiger charge is 2.25. The molecule has 0 rings (SSSR count). The van der Waals surface area contributed by atoms with Crippen molar-refractivity contribution in [2.45, 2.75) is 219 Å². The molecule has 0 aliphatic carbocycles. The molecule has 294 valence electrons. The second-order valence-electron chi connectivity index (χ2n) is 14.7. The highest BCUT2D eigenvalue weighted by atomic mass is 32.3. The Hall–Kier alpha value is -0.830. The average molecular weight is 718 g/mol. The van der Waals surface area contributed by atoms with Crippen LogP contribution in [0, 0.1) is 5.92 Å². The van der Waals surface area contributed by atoms with Crippen molar-refractivity contribution in [3.8, 4) is 0 Å². The Balaban J connectivity index is 0. The third-order valence-electron chi connectivity index (χ3n) is 9.59. The second-order valence-corrected chi connectivity index (χ2v) is 15.9. The van der Waals surface area contributed by atoms with Gasteiger partial charge in [0, 0.05) is 19.4 Å². The van der Waals surface area contributed by atoms with Gasteiger partial charge in [0.15, 0.2) is 0 Å². The zero-order valence-electron chi connectivity index (χ0n) is 33.3. The minimum absolute atomic E-state index is 0.189. The maximum absolute atomic E-state index is 13.0. The number of hydrogen-bond donors (Lipinski definition) is 1. The van der Waals surface area contributed by atoms with Crippen molar-refractivity contribution in [3.05, 3.63) is 0 Å². The lowest BCUT2D eigenvalue weighted by Crippen LogP contribution is -2.34. The molecule has 0 aliphatic rings. The maximum Gasteiger partial charge on any atom is 0.397 e. The summed E-state index contributed by atoms with van der Waals surface area (Å²) in [7, 11) is 0.670. The van der Waals surface area contributed by atoms with E-state index in [0.717, 1.165) is 32.8 Å². The monoisotopic (exact) mass is 718 g/mol. The second kappa shape index (κ2) is 38.4. The van der Waals surface area contributed by atoms with E-state index in [-0.39, 0.29) is 11.6 Å². The average Bonchev–Trinajstić information content (AvgIpc) is 3.06. The van der Waals surface area contributed by atoms with E-state index in [1.807, 2.05) is 19.0 Å². The van der Waals surface area contributed by atoms with E-state index in [2.05, 4.69) is 18.0 Å². The van der Waals surface area contributed by atoms with Gasteiger partial charge in [-0.25, -0.2) is 0 Å². The smallest absolute Gasteiger partial charge is 0.308 e. The Kier molecular flexibility index (Phi) is 39.4. The molecule has 0 saturated carbocycles. The zero-order valence-corrected chi connectivity index (χ0v) is 34.1. The summed E-state index contributed by atoms with van der Waals surface area (Å²) >= 11 is 0. The van der Waals surface area contributed by atoms with Gasteiger partial charge in [0.25, 0.3) is 0 Å². The van der Waals surface area contributed by atoms with Gasteiger partial charge in [-0.05, 0) is 26.9 Å². The third kappa shape index (κ3) is 41.5. The molecule has 0 aromatic heterocycles. The van der Waals surface area contributed by atoms with Crippen LogP contribution in [0.3, 0.4) is 0 Å². The Morgan fingerprint density at radius 3 is 0.878 bits per heavy atom. The molecule has 49 heavy (non-hydrogen) atoms. The first kappa shape index (κ1) is 50.3. The number of rotatable bonds is 37. The van der Waals surface area contributed by atoms with Gasteiger partial charge < -0.3 is 4.90 Å². The molecule has 0 heterocycles. The van der Waals surface area contributed by atoms with E-state index in [1.54, 1.807) is 0 Å². The van der Waals surface area contributed by atoms with Crippen LogP contribution in [-0.4, -0.2) is 57.2 Å². The van der Waals surface area contributed by atoms with Crippen LogP contribution in [-0.2, 0) is 24.2 Å². The molecule has 0 aromatic rings. The molecule has 7 nitrogen and oxygen atoms in total. The Labute approximate surface area is 305 Å². The third-order valence-corrected chi connectivity index (χ3v) is 10.0. The highest BCUT2D eigenvalue weighted by molar-refractivity contribution is 7.80. The Bertz CT molecular complexity index is 771. The number of carbonyl (C=O) groups is 2. The molecule has 0 fully saturated rings. The lowest BCUT2D eigenvalue weighted by molar-refractivity contribution is -0.133. The van der Waals surface area contributed by atoms with E-state index in [9.17, 15) is 18.0 Å². The van der Waals surface area contributed by atoms with Crippen molar-refractivity contribution in [3.63, 3.8) is 0 Å². The molecule has 0 atom stereocenters. The molecule has 0 aliphatic heterocycles. The van der Waals surface area contributed by atoms with Crippen molar-refractivity contribution in [2.24, 2.45) is 5.92 Å². The molecule has 8 heteroatoms. The summed E-state index contributed by atoms with van der Waals surface area (Å²) in [5, 5.41) is 0. The predicted molar refractivity (Wildman–Crippen MR) is 210 cm³/mol. The maximum atomic E-state index is 13.0. The van der Waals surface area contributed by atoms with Gasteiger partial charge in [-0.2, -0.15) is 8.42 Å². The van der Waals surface area contributed by atoms with Gasteiger partial charge in [-0.15, -0.1) is 0 Å². The van der Waals surface area contributed by atoms with Crippen molar-refractivity contribution >= 4 is 22.0 Å². The quantitative estimate of drug-likeness (QED) is 0.0388. The summed E-state index contributed by atoms with van der Waals surface area (Å²) in [6, 6.07) is 0. The lowest BCUT2D eigenvalue weighted by Gasteiger charge is -2.19. The van der Waals surface area contributed by atoms with Crippen molar-refractivity contribution in [2.75, 3.05) is 27.7 Å². The first-order valence-corrected chi connectivity index (χ1v) is 22.2. The van der Waals surface area contributed by atoms with Gasteiger partial charge >= 0.3 is 10.4 Å². The fraction of sp³-hybridized carbons (Fsp3) is 0.951. The normalized spacial score (nSPS) is 11.7. The number of Topliss-reactive ketones (excluding diaryl/α,β-unsaturated/α-hetero) is 2. The van der Waals surface area contributed by atoms with Crippen LogP contribution >= 0.6 is 0 Å². The molecule has 0 spiro atoms. The summed E-state index contributed by atoms with van der Waals surface area (Å²) in [6.07, 6.45) is 41.1. The van der Waals surface area contributed by atoms with E-state index >= 15 is 0 Å². The van der Waals surface area contributed by atoms with Crippen molar-refractivity contribution in [1.82, 2.24) is 4.90 Å². The van der Waals surface area contributed by atoms with Gasteiger partial charge in [0.05, 0.1) is 13.0 Å². The van der Waals surface area contributed by atoms with Gasteiger partial charge in [0.2, 0.25) is 0 Å². The lowest BCUT2D eigenvalue weighted by atomic mass is 9.91. The predicted octanol–water partition coefficient (Wildman–Crippen LogP) is 12.3. The molecular weight excluding hydrogens is 635 g/mol. The molecule has 1 N–H and O–H groups in total. The molecule has 0 aromatic carbocycles. The van der Waals surface area contributed by atoms with E-state index in [4.69, 9.17) is 4.55 Å². The number of hydrogen-bond acceptors (Lipinski definition) is 6. The minimum Gasteiger partial charge on any atom is -0.308 e. The summed E-state index contributed by atoms with van der Waals surface area (Å²) in [5.74, 6) is -0.0306. The molecule has 0 bridgehead atoms. The van der Waals surface area contributed by atoms with Crippen LogP contribution in [0.2, 0.25) is 0 Å². The van der Waals surface area contributed by atoms with Gasteiger partial charge in [-0.1, -0.05) is 194 Å². The first-order chi connectivity index (χ1) is 23.6.